The van der Waals surface area contributed by atoms with E-state index in [2.05, 4.69) is 36.0 Å². The zero-order valence-electron chi connectivity index (χ0n) is 17.7. The molecule has 0 aliphatic rings. The van der Waals surface area contributed by atoms with E-state index in [0.717, 1.165) is 32.2 Å². The molecule has 160 valence electrons. The number of aliphatic imine (C=N–C) groups is 2. The van der Waals surface area contributed by atoms with E-state index in [1.807, 2.05) is 14.1 Å². The van der Waals surface area contributed by atoms with Crippen molar-refractivity contribution in [3.8, 4) is 0 Å². The summed E-state index contributed by atoms with van der Waals surface area (Å²) in [6.07, 6.45) is 8.30. The summed E-state index contributed by atoms with van der Waals surface area (Å²) in [5, 5.41) is 15.0. The van der Waals surface area contributed by atoms with Gasteiger partial charge in [-0.2, -0.15) is 9.98 Å². The molecule has 0 rings (SSSR count). The van der Waals surface area contributed by atoms with Gasteiger partial charge in [0.05, 0.1) is 0 Å². The zero-order chi connectivity index (χ0) is 21.7. The third-order valence-corrected chi connectivity index (χ3v) is 4.10. The zero-order valence-corrected chi connectivity index (χ0v) is 17.7. The highest BCUT2D eigenvalue weighted by atomic mass is 15.3. The molecule has 0 aromatic rings. The number of hydrogen-bond acceptors (Lipinski definition) is 2. The van der Waals surface area contributed by atoms with Crippen molar-refractivity contribution in [2.75, 3.05) is 27.2 Å². The maximum Gasteiger partial charge on any atom is 0.220 e. The Labute approximate surface area is 168 Å². The standard InChI is InChI=1S/C18H38N10/c1-13(2)12-14(9-11-28(4)18(24)26-16(21)22)8-6-5-7-10-27(3)17(23)25-15(19)20/h6,8,13-14H,5,7,9-12H2,1-4H3,(H5,19,20,23,25)(H5,21,22,24,26)/b8-6-/t14-/m1/s1. The van der Waals surface area contributed by atoms with Crippen LogP contribution in [0, 0.1) is 22.7 Å². The van der Waals surface area contributed by atoms with E-state index in [4.69, 9.17) is 33.8 Å². The molecule has 0 aliphatic heterocycles. The van der Waals surface area contributed by atoms with Gasteiger partial charge in [-0.25, -0.2) is 0 Å². The lowest BCUT2D eigenvalue weighted by Crippen LogP contribution is -2.36. The normalized spacial score (nSPS) is 12.8. The minimum Gasteiger partial charge on any atom is -0.370 e. The predicted octanol–water partition coefficient (Wildman–Crippen LogP) is 0.655. The number of rotatable bonds is 10. The van der Waals surface area contributed by atoms with Crippen LogP contribution in [0.15, 0.2) is 22.1 Å². The van der Waals surface area contributed by atoms with E-state index in [-0.39, 0.29) is 23.8 Å². The van der Waals surface area contributed by atoms with Crippen LogP contribution in [0.5, 0.6) is 0 Å². The van der Waals surface area contributed by atoms with Gasteiger partial charge in [0.1, 0.15) is 0 Å². The van der Waals surface area contributed by atoms with Crippen LogP contribution in [0.4, 0.5) is 0 Å². The number of unbranched alkanes of at least 4 members (excludes halogenated alkanes) is 1. The molecule has 0 saturated heterocycles. The van der Waals surface area contributed by atoms with Crippen molar-refractivity contribution in [1.82, 2.24) is 9.80 Å². The molecule has 0 radical (unpaired) electrons. The van der Waals surface area contributed by atoms with Crippen LogP contribution in [0.1, 0.15) is 39.5 Å². The molecule has 0 unspecified atom stereocenters. The molecule has 0 aromatic carbocycles. The third-order valence-electron chi connectivity index (χ3n) is 4.10. The fourth-order valence-electron chi connectivity index (χ4n) is 2.63. The molecule has 0 amide bonds. The molecule has 0 spiro atoms. The summed E-state index contributed by atoms with van der Waals surface area (Å²) in [7, 11) is 3.64. The van der Waals surface area contributed by atoms with Crippen LogP contribution in [0.3, 0.4) is 0 Å². The Hall–Kier alpha value is -2.78. The first-order valence-electron chi connectivity index (χ1n) is 9.48. The Morgan fingerprint density at radius 1 is 1.00 bits per heavy atom. The van der Waals surface area contributed by atoms with Gasteiger partial charge in [-0.3, -0.25) is 10.8 Å². The molecule has 0 fully saturated rings. The lowest BCUT2D eigenvalue weighted by Gasteiger charge is -2.21. The Bertz CT molecular complexity index is 575. The summed E-state index contributed by atoms with van der Waals surface area (Å²) in [6, 6.07) is 0. The molecule has 1 atom stereocenters. The Morgan fingerprint density at radius 2 is 1.64 bits per heavy atom. The molecule has 0 bridgehead atoms. The third kappa shape index (κ3) is 12.6. The Morgan fingerprint density at radius 3 is 2.18 bits per heavy atom. The predicted molar refractivity (Wildman–Crippen MR) is 118 cm³/mol. The van der Waals surface area contributed by atoms with Crippen LogP contribution in [-0.4, -0.2) is 60.8 Å². The summed E-state index contributed by atoms with van der Waals surface area (Å²) in [4.78, 5) is 11.0. The van der Waals surface area contributed by atoms with E-state index in [1.165, 1.54) is 0 Å². The number of nitrogens with one attached hydrogen (secondary N) is 2. The first-order chi connectivity index (χ1) is 13.0. The van der Waals surface area contributed by atoms with Crippen molar-refractivity contribution in [2.24, 2.45) is 44.8 Å². The van der Waals surface area contributed by atoms with Crippen molar-refractivity contribution in [3.05, 3.63) is 12.2 Å². The Kier molecular flexibility index (Phi) is 12.1. The minimum atomic E-state index is -0.293. The second-order valence-corrected chi connectivity index (χ2v) is 7.31. The highest BCUT2D eigenvalue weighted by molar-refractivity contribution is 5.92. The number of hydrogen-bond donors (Lipinski definition) is 6. The van der Waals surface area contributed by atoms with Gasteiger partial charge in [-0.1, -0.05) is 26.0 Å². The van der Waals surface area contributed by atoms with Gasteiger partial charge < -0.3 is 32.7 Å². The van der Waals surface area contributed by atoms with Gasteiger partial charge >= 0.3 is 0 Å². The Balaban J connectivity index is 4.50. The monoisotopic (exact) mass is 394 g/mol. The van der Waals surface area contributed by atoms with E-state index in [0.29, 0.717) is 18.4 Å². The van der Waals surface area contributed by atoms with Crippen molar-refractivity contribution < 1.29 is 0 Å². The average Bonchev–Trinajstić information content (AvgIpc) is 2.56. The molecule has 10 nitrogen and oxygen atoms in total. The van der Waals surface area contributed by atoms with E-state index >= 15 is 0 Å². The number of nitrogens with two attached hydrogens (primary N) is 4. The maximum atomic E-state index is 7.84. The average molecular weight is 395 g/mol. The van der Waals surface area contributed by atoms with Gasteiger partial charge in [0.25, 0.3) is 0 Å². The molecule has 28 heavy (non-hydrogen) atoms. The van der Waals surface area contributed by atoms with Gasteiger partial charge in [-0.15, -0.1) is 0 Å². The van der Waals surface area contributed by atoms with Gasteiger partial charge in [0.15, 0.2) is 11.9 Å². The largest absolute Gasteiger partial charge is 0.370 e. The first-order valence-corrected chi connectivity index (χ1v) is 9.48. The molecule has 0 heterocycles. The number of nitrogens with zero attached hydrogens (tertiary/aromatic N) is 4. The lowest BCUT2D eigenvalue weighted by molar-refractivity contribution is 0.391. The molecular formula is C18H38N10. The number of guanidine groups is 4. The van der Waals surface area contributed by atoms with E-state index in [1.54, 1.807) is 9.80 Å². The second-order valence-electron chi connectivity index (χ2n) is 7.31. The fourth-order valence-corrected chi connectivity index (χ4v) is 2.63. The topological polar surface area (TPSA) is 183 Å². The van der Waals surface area contributed by atoms with Crippen LogP contribution in [0.2, 0.25) is 0 Å². The quantitative estimate of drug-likeness (QED) is 0.137. The molecular weight excluding hydrogens is 356 g/mol. The maximum absolute atomic E-state index is 7.84. The smallest absolute Gasteiger partial charge is 0.220 e. The summed E-state index contributed by atoms with van der Waals surface area (Å²) in [5.74, 6) is 0.941. The van der Waals surface area contributed by atoms with Gasteiger partial charge in [0.2, 0.25) is 11.9 Å². The van der Waals surface area contributed by atoms with Crippen molar-refractivity contribution in [3.63, 3.8) is 0 Å². The molecule has 0 aliphatic carbocycles. The van der Waals surface area contributed by atoms with Gasteiger partial charge in [0, 0.05) is 27.2 Å². The van der Waals surface area contributed by atoms with Crippen molar-refractivity contribution in [2.45, 2.75) is 39.5 Å². The highest BCUT2D eigenvalue weighted by Gasteiger charge is 2.11. The van der Waals surface area contributed by atoms with Crippen LogP contribution >= 0.6 is 0 Å². The summed E-state index contributed by atoms with van der Waals surface area (Å²) in [5.41, 5.74) is 21.6. The second kappa shape index (κ2) is 13.4. The molecule has 0 saturated carbocycles. The van der Waals surface area contributed by atoms with Crippen LogP contribution < -0.4 is 22.9 Å². The minimum absolute atomic E-state index is 0.0696. The fraction of sp³-hybridized carbons (Fsp3) is 0.667. The van der Waals surface area contributed by atoms with Crippen molar-refractivity contribution >= 4 is 23.8 Å². The number of allylic oxidation sites excluding steroid dienone is 2. The van der Waals surface area contributed by atoms with Crippen molar-refractivity contribution in [1.29, 1.82) is 10.8 Å². The summed E-state index contributed by atoms with van der Waals surface area (Å²) < 4.78 is 0. The van der Waals surface area contributed by atoms with Crippen LogP contribution in [0.25, 0.3) is 0 Å². The van der Waals surface area contributed by atoms with Crippen LogP contribution in [-0.2, 0) is 0 Å². The van der Waals surface area contributed by atoms with E-state index < -0.39 is 0 Å². The summed E-state index contributed by atoms with van der Waals surface area (Å²) >= 11 is 0. The molecule has 10 heteroatoms. The lowest BCUT2D eigenvalue weighted by atomic mass is 9.93. The molecule has 10 N–H and O–H groups in total. The highest BCUT2D eigenvalue weighted by Crippen LogP contribution is 2.18. The molecule has 0 aromatic heterocycles. The SMILES string of the molecule is CC(C)C[C@H](/C=C\CCCN(C)C(N)=NC(=N)N)CCN(C)C(=N)N=C(N)N. The first kappa shape index (κ1) is 25.2. The van der Waals surface area contributed by atoms with Gasteiger partial charge in [-0.05, 0) is 37.5 Å². The summed E-state index contributed by atoms with van der Waals surface area (Å²) in [6.45, 7) is 5.86. The van der Waals surface area contributed by atoms with E-state index in [9.17, 15) is 0 Å².